The summed E-state index contributed by atoms with van der Waals surface area (Å²) >= 11 is 0. The molecule has 3 amide bonds. The van der Waals surface area contributed by atoms with Gasteiger partial charge in [0.15, 0.2) is 6.61 Å². The lowest BCUT2D eigenvalue weighted by atomic mass is 10.0. The van der Waals surface area contributed by atoms with Gasteiger partial charge in [-0.05, 0) is 38.1 Å². The molecule has 3 N–H and O–H groups in total. The van der Waals surface area contributed by atoms with Crippen molar-refractivity contribution < 1.29 is 37.8 Å². The molecule has 0 spiro atoms. The van der Waals surface area contributed by atoms with Crippen molar-refractivity contribution in [2.45, 2.75) is 19.9 Å². The van der Waals surface area contributed by atoms with Gasteiger partial charge in [0, 0.05) is 0 Å². The minimum absolute atomic E-state index is 0.0453. The summed E-state index contributed by atoms with van der Waals surface area (Å²) in [5.41, 5.74) is 0.0947. The number of aryl methyl sites for hydroxylation is 1. The van der Waals surface area contributed by atoms with Crippen LogP contribution in [0.25, 0.3) is 0 Å². The number of ether oxygens (including phenoxy) is 3. The van der Waals surface area contributed by atoms with Crippen molar-refractivity contribution in [3.63, 3.8) is 0 Å². The summed E-state index contributed by atoms with van der Waals surface area (Å²) in [5.74, 6) is -0.568. The van der Waals surface area contributed by atoms with Crippen molar-refractivity contribution in [2.24, 2.45) is 0 Å². The minimum atomic E-state index is -0.926. The molecular weight excluding hydrogens is 446 g/mol. The van der Waals surface area contributed by atoms with Crippen LogP contribution in [0, 0.1) is 6.92 Å². The summed E-state index contributed by atoms with van der Waals surface area (Å²) < 4.78 is 21.1. The number of benzene rings is 1. The highest BCUT2D eigenvalue weighted by Crippen LogP contribution is 2.29. The zero-order chi connectivity index (χ0) is 24.5. The monoisotopic (exact) mass is 471 g/mol. The average Bonchev–Trinajstić information content (AvgIpc) is 3.26. The molecule has 11 nitrogen and oxygen atoms in total. The normalized spacial score (nSPS) is 15.1. The fourth-order valence-electron chi connectivity index (χ4n) is 3.09. The molecule has 11 heteroatoms. The van der Waals surface area contributed by atoms with Crippen LogP contribution in [0.1, 0.15) is 24.5 Å². The summed E-state index contributed by atoms with van der Waals surface area (Å²) in [4.78, 5) is 48.8. The van der Waals surface area contributed by atoms with E-state index in [1.165, 1.54) is 0 Å². The third-order valence-corrected chi connectivity index (χ3v) is 4.62. The maximum absolute atomic E-state index is 12.6. The predicted molar refractivity (Wildman–Crippen MR) is 117 cm³/mol. The second-order valence-corrected chi connectivity index (χ2v) is 7.13. The highest BCUT2D eigenvalue weighted by atomic mass is 16.5. The molecule has 2 aromatic rings. The fraction of sp³-hybridized carbons (Fsp3) is 0.304. The van der Waals surface area contributed by atoms with E-state index in [1.807, 2.05) is 6.07 Å². The molecule has 0 saturated heterocycles. The van der Waals surface area contributed by atoms with E-state index in [2.05, 4.69) is 16.0 Å². The lowest BCUT2D eigenvalue weighted by molar-refractivity contribution is -0.144. The van der Waals surface area contributed by atoms with E-state index in [9.17, 15) is 19.2 Å². The Balaban J connectivity index is 1.61. The first kappa shape index (κ1) is 24.4. The Hall–Kier alpha value is -4.28. The number of nitrogens with one attached hydrogen (secondary N) is 3. The zero-order valence-corrected chi connectivity index (χ0v) is 18.7. The van der Waals surface area contributed by atoms with Crippen LogP contribution in [0.15, 0.2) is 58.2 Å². The third-order valence-electron chi connectivity index (χ3n) is 4.62. The van der Waals surface area contributed by atoms with E-state index in [-0.39, 0.29) is 24.5 Å². The van der Waals surface area contributed by atoms with Crippen LogP contribution in [0.4, 0.5) is 4.79 Å². The predicted octanol–water partition coefficient (Wildman–Crippen LogP) is 1.50. The van der Waals surface area contributed by atoms with Gasteiger partial charge in [-0.15, -0.1) is 0 Å². The molecule has 0 radical (unpaired) electrons. The number of hydrogen-bond donors (Lipinski definition) is 3. The number of amides is 3. The molecule has 0 unspecified atom stereocenters. The number of carbonyl (C=O) groups is 4. The minimum Gasteiger partial charge on any atom is -0.484 e. The summed E-state index contributed by atoms with van der Waals surface area (Å²) in [6, 6.07) is 10.5. The van der Waals surface area contributed by atoms with Crippen molar-refractivity contribution in [1.82, 2.24) is 16.0 Å². The van der Waals surface area contributed by atoms with Gasteiger partial charge in [-0.25, -0.2) is 9.59 Å². The Labute approximate surface area is 195 Å². The summed E-state index contributed by atoms with van der Waals surface area (Å²) in [5, 5.41) is 7.46. The maximum Gasteiger partial charge on any atom is 0.338 e. The first-order valence-corrected chi connectivity index (χ1v) is 10.5. The van der Waals surface area contributed by atoms with Crippen molar-refractivity contribution in [1.29, 1.82) is 0 Å². The standard InChI is InChI=1S/C23H25N3O8/c1-3-31-22(29)20-16(25-23(30)26-21(20)17-10-9-14(2)34-17)12-33-19(28)11-24-18(27)13-32-15-7-5-4-6-8-15/h4-10,21H,3,11-13H2,1-2H3,(H,24,27)(H2,25,26,30)/t21-/m1/s1. The van der Waals surface area contributed by atoms with Crippen LogP contribution < -0.4 is 20.7 Å². The first-order chi connectivity index (χ1) is 16.4. The Morgan fingerprint density at radius 1 is 1.09 bits per heavy atom. The zero-order valence-electron chi connectivity index (χ0n) is 18.7. The van der Waals surface area contributed by atoms with Crippen LogP contribution in [0.3, 0.4) is 0 Å². The Morgan fingerprint density at radius 2 is 1.85 bits per heavy atom. The van der Waals surface area contributed by atoms with E-state index in [1.54, 1.807) is 50.2 Å². The number of esters is 2. The number of urea groups is 1. The molecule has 1 aromatic carbocycles. The molecule has 3 rings (SSSR count). The van der Waals surface area contributed by atoms with Gasteiger partial charge >= 0.3 is 18.0 Å². The number of rotatable bonds is 10. The topological polar surface area (TPSA) is 145 Å². The number of hydrogen-bond acceptors (Lipinski definition) is 8. The Kier molecular flexibility index (Phi) is 8.27. The highest BCUT2D eigenvalue weighted by molar-refractivity contribution is 5.95. The van der Waals surface area contributed by atoms with Crippen LogP contribution >= 0.6 is 0 Å². The van der Waals surface area contributed by atoms with Crippen molar-refractivity contribution in [3.05, 3.63) is 65.3 Å². The van der Waals surface area contributed by atoms with Gasteiger partial charge < -0.3 is 34.6 Å². The maximum atomic E-state index is 12.6. The molecule has 1 aliphatic heterocycles. The molecule has 0 fully saturated rings. The molecule has 0 aliphatic carbocycles. The Bertz CT molecular complexity index is 1080. The van der Waals surface area contributed by atoms with Gasteiger partial charge in [0.1, 0.15) is 36.5 Å². The van der Waals surface area contributed by atoms with Crippen LogP contribution in [0.2, 0.25) is 0 Å². The molecule has 180 valence electrons. The van der Waals surface area contributed by atoms with Gasteiger partial charge in [0.05, 0.1) is 17.9 Å². The van der Waals surface area contributed by atoms with Crippen molar-refractivity contribution in [2.75, 3.05) is 26.4 Å². The molecule has 1 atom stereocenters. The van der Waals surface area contributed by atoms with E-state index >= 15 is 0 Å². The molecular formula is C23H25N3O8. The van der Waals surface area contributed by atoms with E-state index in [4.69, 9.17) is 18.6 Å². The Morgan fingerprint density at radius 3 is 2.53 bits per heavy atom. The molecule has 1 aromatic heterocycles. The number of furan rings is 1. The van der Waals surface area contributed by atoms with Gasteiger partial charge in [-0.2, -0.15) is 0 Å². The van der Waals surface area contributed by atoms with Gasteiger partial charge in [-0.1, -0.05) is 18.2 Å². The fourth-order valence-corrected chi connectivity index (χ4v) is 3.09. The largest absolute Gasteiger partial charge is 0.484 e. The molecule has 0 saturated carbocycles. The average molecular weight is 471 g/mol. The highest BCUT2D eigenvalue weighted by Gasteiger charge is 2.36. The van der Waals surface area contributed by atoms with Crippen LogP contribution in [-0.4, -0.2) is 50.2 Å². The van der Waals surface area contributed by atoms with Crippen LogP contribution in [0.5, 0.6) is 5.75 Å². The van der Waals surface area contributed by atoms with Crippen molar-refractivity contribution in [3.8, 4) is 5.75 Å². The summed E-state index contributed by atoms with van der Waals surface area (Å²) in [7, 11) is 0. The molecule has 2 heterocycles. The second-order valence-electron chi connectivity index (χ2n) is 7.13. The van der Waals surface area contributed by atoms with E-state index < -0.39 is 43.1 Å². The molecule has 1 aliphatic rings. The summed E-state index contributed by atoms with van der Waals surface area (Å²) in [6.07, 6.45) is 0. The first-order valence-electron chi connectivity index (χ1n) is 10.5. The van der Waals surface area contributed by atoms with Crippen molar-refractivity contribution >= 4 is 23.9 Å². The van der Waals surface area contributed by atoms with E-state index in [0.717, 1.165) is 0 Å². The lowest BCUT2D eigenvalue weighted by Crippen LogP contribution is -2.47. The van der Waals surface area contributed by atoms with Gasteiger partial charge in [-0.3, -0.25) is 9.59 Å². The van der Waals surface area contributed by atoms with Crippen LogP contribution in [-0.2, 0) is 23.9 Å². The third kappa shape index (κ3) is 6.61. The second kappa shape index (κ2) is 11.5. The smallest absolute Gasteiger partial charge is 0.338 e. The number of carbonyl (C=O) groups excluding carboxylic acids is 4. The van der Waals surface area contributed by atoms with Gasteiger partial charge in [0.25, 0.3) is 5.91 Å². The quantitative estimate of drug-likeness (QED) is 0.442. The number of para-hydroxylation sites is 1. The molecule has 0 bridgehead atoms. The molecule has 34 heavy (non-hydrogen) atoms. The lowest BCUT2D eigenvalue weighted by Gasteiger charge is -2.27. The SMILES string of the molecule is CCOC(=O)C1=C(COC(=O)CNC(=O)COc2ccccc2)NC(=O)N[C@@H]1c1ccc(C)o1. The summed E-state index contributed by atoms with van der Waals surface area (Å²) in [6.45, 7) is 2.34. The van der Waals surface area contributed by atoms with Gasteiger partial charge in [0.2, 0.25) is 0 Å². The van der Waals surface area contributed by atoms with E-state index in [0.29, 0.717) is 17.3 Å².